The Labute approximate surface area is 73.8 Å². The van der Waals surface area contributed by atoms with Gasteiger partial charge in [0.05, 0.1) is 0 Å². The zero-order valence-electron chi connectivity index (χ0n) is 6.98. The van der Waals surface area contributed by atoms with E-state index < -0.39 is 5.63 Å². The number of hydrogen-bond acceptors (Lipinski definition) is 4. The van der Waals surface area contributed by atoms with Crippen LogP contribution in [0.3, 0.4) is 0 Å². The van der Waals surface area contributed by atoms with Crippen molar-refractivity contribution in [1.82, 2.24) is 4.98 Å². The largest absolute Gasteiger partial charge is 0.449 e. The highest BCUT2D eigenvalue weighted by Gasteiger charge is 2.04. The molecule has 0 amide bonds. The third-order valence-electron chi connectivity index (χ3n) is 1.56. The molecule has 0 aliphatic heterocycles. The molecule has 2 aromatic heterocycles. The lowest BCUT2D eigenvalue weighted by Gasteiger charge is -1.90. The minimum atomic E-state index is -0.391. The fourth-order valence-corrected chi connectivity index (χ4v) is 1.00. The second kappa shape index (κ2) is 2.90. The lowest BCUT2D eigenvalue weighted by molar-refractivity contribution is 0.516. The molecule has 0 aromatic carbocycles. The van der Waals surface area contributed by atoms with E-state index in [4.69, 9.17) is 8.83 Å². The van der Waals surface area contributed by atoms with Crippen molar-refractivity contribution in [3.8, 4) is 11.5 Å². The number of rotatable bonds is 1. The maximum Gasteiger partial charge on any atom is 0.336 e. The van der Waals surface area contributed by atoms with E-state index in [-0.39, 0.29) is 0 Å². The molecule has 0 unspecified atom stereocenters. The van der Waals surface area contributed by atoms with E-state index in [9.17, 15) is 4.79 Å². The quantitative estimate of drug-likeness (QED) is 0.663. The van der Waals surface area contributed by atoms with Gasteiger partial charge in [-0.05, 0) is 6.07 Å². The third-order valence-corrected chi connectivity index (χ3v) is 1.56. The summed E-state index contributed by atoms with van der Waals surface area (Å²) in [5, 5.41) is 0. The number of aryl methyl sites for hydroxylation is 1. The highest BCUT2D eigenvalue weighted by molar-refractivity contribution is 5.49. The van der Waals surface area contributed by atoms with Crippen LogP contribution in [0.5, 0.6) is 0 Å². The Bertz CT molecular complexity index is 469. The molecule has 0 fully saturated rings. The summed E-state index contributed by atoms with van der Waals surface area (Å²) in [5.41, 5.74) is 0.147. The van der Waals surface area contributed by atoms with Gasteiger partial charge in [-0.3, -0.25) is 0 Å². The van der Waals surface area contributed by atoms with E-state index in [0.29, 0.717) is 17.3 Å². The molecule has 4 nitrogen and oxygen atoms in total. The molecule has 0 atom stereocenters. The van der Waals surface area contributed by atoms with E-state index in [1.807, 2.05) is 0 Å². The van der Waals surface area contributed by atoms with Crippen molar-refractivity contribution in [3.05, 3.63) is 40.8 Å². The first kappa shape index (κ1) is 7.79. The minimum absolute atomic E-state index is 0.391. The number of oxazole rings is 1. The zero-order valence-corrected chi connectivity index (χ0v) is 6.98. The normalized spacial score (nSPS) is 10.2. The van der Waals surface area contributed by atoms with Crippen molar-refractivity contribution >= 4 is 0 Å². The standard InChI is InChI=1S/C9H7NO3/c1-6-10-7(5-12-6)8-3-2-4-9(11)13-8/h2-5H,1H3. The lowest BCUT2D eigenvalue weighted by Crippen LogP contribution is -1.95. The van der Waals surface area contributed by atoms with Crippen molar-refractivity contribution in [2.45, 2.75) is 6.92 Å². The van der Waals surface area contributed by atoms with Crippen LogP contribution in [0.2, 0.25) is 0 Å². The first-order valence-corrected chi connectivity index (χ1v) is 3.78. The Morgan fingerprint density at radius 3 is 2.85 bits per heavy atom. The van der Waals surface area contributed by atoms with E-state index in [0.717, 1.165) is 0 Å². The van der Waals surface area contributed by atoms with Gasteiger partial charge in [0.2, 0.25) is 0 Å². The van der Waals surface area contributed by atoms with E-state index >= 15 is 0 Å². The molecule has 0 bridgehead atoms. The van der Waals surface area contributed by atoms with Gasteiger partial charge in [0.15, 0.2) is 11.7 Å². The smallest absolute Gasteiger partial charge is 0.336 e. The molecule has 4 heteroatoms. The summed E-state index contributed by atoms with van der Waals surface area (Å²) in [5.74, 6) is 0.964. The molecular weight excluding hydrogens is 170 g/mol. The molecule has 2 aromatic rings. The van der Waals surface area contributed by atoms with Crippen LogP contribution in [-0.2, 0) is 0 Å². The van der Waals surface area contributed by atoms with Crippen LogP contribution in [0, 0.1) is 6.92 Å². The first-order chi connectivity index (χ1) is 6.25. The maximum absolute atomic E-state index is 10.8. The Morgan fingerprint density at radius 2 is 2.23 bits per heavy atom. The van der Waals surface area contributed by atoms with Crippen LogP contribution < -0.4 is 5.63 Å². The van der Waals surface area contributed by atoms with Gasteiger partial charge in [-0.15, -0.1) is 0 Å². The van der Waals surface area contributed by atoms with Gasteiger partial charge in [-0.2, -0.15) is 0 Å². The Hall–Kier alpha value is -1.84. The van der Waals surface area contributed by atoms with Gasteiger partial charge in [-0.25, -0.2) is 9.78 Å². The maximum atomic E-state index is 10.8. The van der Waals surface area contributed by atoms with Crippen LogP contribution in [0.4, 0.5) is 0 Å². The number of nitrogens with zero attached hydrogens (tertiary/aromatic N) is 1. The Morgan fingerprint density at radius 1 is 1.38 bits per heavy atom. The number of aromatic nitrogens is 1. The van der Waals surface area contributed by atoms with Crippen LogP contribution in [0.15, 0.2) is 38.1 Å². The highest BCUT2D eigenvalue weighted by atomic mass is 16.4. The third kappa shape index (κ3) is 1.51. The van der Waals surface area contributed by atoms with Gasteiger partial charge < -0.3 is 8.83 Å². The summed E-state index contributed by atoms with van der Waals surface area (Å²) in [7, 11) is 0. The molecule has 0 saturated heterocycles. The van der Waals surface area contributed by atoms with Gasteiger partial charge in [-0.1, -0.05) is 6.07 Å². The van der Waals surface area contributed by atoms with Gasteiger partial charge in [0.25, 0.3) is 0 Å². The summed E-state index contributed by atoms with van der Waals surface area (Å²) in [6.07, 6.45) is 1.45. The minimum Gasteiger partial charge on any atom is -0.449 e. The van der Waals surface area contributed by atoms with Crippen LogP contribution in [0.1, 0.15) is 5.89 Å². The fraction of sp³-hybridized carbons (Fsp3) is 0.111. The summed E-state index contributed by atoms with van der Waals surface area (Å²) in [6.45, 7) is 1.73. The average molecular weight is 177 g/mol. The number of hydrogen-bond donors (Lipinski definition) is 0. The first-order valence-electron chi connectivity index (χ1n) is 3.78. The molecule has 66 valence electrons. The molecule has 0 aliphatic carbocycles. The predicted octanol–water partition coefficient (Wildman–Crippen LogP) is 1.60. The predicted molar refractivity (Wildman–Crippen MR) is 45.2 cm³/mol. The van der Waals surface area contributed by atoms with E-state index in [2.05, 4.69) is 4.98 Å². The fourth-order valence-electron chi connectivity index (χ4n) is 1.00. The topological polar surface area (TPSA) is 56.2 Å². The Balaban J connectivity index is 2.52. The average Bonchev–Trinajstić information content (AvgIpc) is 2.52. The summed E-state index contributed by atoms with van der Waals surface area (Å²) in [4.78, 5) is 14.9. The zero-order chi connectivity index (χ0) is 9.26. The summed E-state index contributed by atoms with van der Waals surface area (Å²) < 4.78 is 9.88. The lowest BCUT2D eigenvalue weighted by atomic mass is 10.3. The molecule has 2 rings (SSSR count). The SMILES string of the molecule is Cc1nc(-c2cccc(=O)o2)co1. The molecule has 0 spiro atoms. The highest BCUT2D eigenvalue weighted by Crippen LogP contribution is 2.15. The van der Waals surface area contributed by atoms with Gasteiger partial charge in [0, 0.05) is 13.0 Å². The van der Waals surface area contributed by atoms with Crippen molar-refractivity contribution in [1.29, 1.82) is 0 Å². The molecular formula is C9H7NO3. The van der Waals surface area contributed by atoms with Crippen molar-refractivity contribution in [2.24, 2.45) is 0 Å². The molecule has 13 heavy (non-hydrogen) atoms. The second-order valence-electron chi connectivity index (χ2n) is 2.56. The van der Waals surface area contributed by atoms with Crippen molar-refractivity contribution in [3.63, 3.8) is 0 Å². The Kier molecular flexibility index (Phi) is 1.73. The van der Waals surface area contributed by atoms with Crippen LogP contribution in [-0.4, -0.2) is 4.98 Å². The second-order valence-corrected chi connectivity index (χ2v) is 2.56. The van der Waals surface area contributed by atoms with E-state index in [1.54, 1.807) is 19.1 Å². The van der Waals surface area contributed by atoms with E-state index in [1.165, 1.54) is 12.3 Å². The van der Waals surface area contributed by atoms with Gasteiger partial charge in [0.1, 0.15) is 12.0 Å². The van der Waals surface area contributed by atoms with Crippen molar-refractivity contribution in [2.75, 3.05) is 0 Å². The summed E-state index contributed by atoms with van der Waals surface area (Å²) >= 11 is 0. The van der Waals surface area contributed by atoms with Crippen LogP contribution in [0.25, 0.3) is 11.5 Å². The molecule has 0 aliphatic rings. The monoisotopic (exact) mass is 177 g/mol. The molecule has 0 saturated carbocycles. The molecule has 0 N–H and O–H groups in total. The summed E-state index contributed by atoms with van der Waals surface area (Å²) in [6, 6.07) is 4.63. The molecule has 0 radical (unpaired) electrons. The molecule has 2 heterocycles. The van der Waals surface area contributed by atoms with Crippen LogP contribution >= 0.6 is 0 Å². The van der Waals surface area contributed by atoms with Crippen molar-refractivity contribution < 1.29 is 8.83 Å². The van der Waals surface area contributed by atoms with Gasteiger partial charge >= 0.3 is 5.63 Å².